The Bertz CT molecular complexity index is 1700. The lowest BCUT2D eigenvalue weighted by molar-refractivity contribution is -0.117. The van der Waals surface area contributed by atoms with Crippen molar-refractivity contribution in [1.82, 2.24) is 10.3 Å². The lowest BCUT2D eigenvalue weighted by atomic mass is 10.1. The third kappa shape index (κ3) is 5.18. The number of rotatable bonds is 7. The molecule has 2 aliphatic rings. The molecule has 4 amide bonds. The Morgan fingerprint density at radius 2 is 1.98 bits per heavy atom. The van der Waals surface area contributed by atoms with Crippen molar-refractivity contribution in [2.24, 2.45) is 10.9 Å². The van der Waals surface area contributed by atoms with E-state index in [9.17, 15) is 14.4 Å². The quantitative estimate of drug-likeness (QED) is 0.250. The SMILES string of the molecule is CCC(=O)N=C1CCC[C@H]1CNC(=O)c1sc2nccc3c2c1NC(=O)N3c1ccc(Oc2ccccc2)cc1C. The maximum atomic E-state index is 13.5. The molecule has 1 saturated carbocycles. The van der Waals surface area contributed by atoms with Gasteiger partial charge in [0.05, 0.1) is 22.4 Å². The lowest BCUT2D eigenvalue weighted by Crippen LogP contribution is -2.35. The third-order valence-corrected chi connectivity index (χ3v) is 8.47. The molecule has 41 heavy (non-hydrogen) atoms. The number of amides is 4. The molecule has 3 heterocycles. The highest BCUT2D eigenvalue weighted by molar-refractivity contribution is 7.21. The molecule has 10 heteroatoms. The number of benzene rings is 2. The van der Waals surface area contributed by atoms with Crippen molar-refractivity contribution in [2.75, 3.05) is 16.8 Å². The Morgan fingerprint density at radius 3 is 2.76 bits per heavy atom. The molecule has 2 aromatic heterocycles. The summed E-state index contributed by atoms with van der Waals surface area (Å²) in [5.74, 6) is 1.02. The van der Waals surface area contributed by atoms with E-state index in [1.54, 1.807) is 24.1 Å². The van der Waals surface area contributed by atoms with E-state index in [0.717, 1.165) is 41.7 Å². The van der Waals surface area contributed by atoms with Crippen LogP contribution in [0.5, 0.6) is 11.5 Å². The minimum absolute atomic E-state index is 0.0378. The van der Waals surface area contributed by atoms with Crippen LogP contribution in [0.3, 0.4) is 0 Å². The number of carbonyl (C=O) groups is 3. The van der Waals surface area contributed by atoms with Gasteiger partial charge in [0, 0.05) is 30.8 Å². The van der Waals surface area contributed by atoms with Gasteiger partial charge >= 0.3 is 6.03 Å². The molecule has 4 aromatic rings. The first-order valence-electron chi connectivity index (χ1n) is 13.7. The minimum Gasteiger partial charge on any atom is -0.457 e. The molecule has 2 aromatic carbocycles. The summed E-state index contributed by atoms with van der Waals surface area (Å²) in [6.45, 7) is 4.11. The van der Waals surface area contributed by atoms with Gasteiger partial charge in [0.2, 0.25) is 5.91 Å². The van der Waals surface area contributed by atoms with E-state index >= 15 is 0 Å². The fourth-order valence-corrected chi connectivity index (χ4v) is 6.39. The van der Waals surface area contributed by atoms with Gasteiger partial charge in [-0.3, -0.25) is 14.5 Å². The second kappa shape index (κ2) is 11.1. The van der Waals surface area contributed by atoms with Crippen LogP contribution in [0.2, 0.25) is 0 Å². The second-order valence-corrected chi connectivity index (χ2v) is 11.1. The number of hydrogen-bond acceptors (Lipinski definition) is 6. The first-order valence-corrected chi connectivity index (χ1v) is 14.5. The number of para-hydroxylation sites is 1. The van der Waals surface area contributed by atoms with Gasteiger partial charge in [-0.1, -0.05) is 25.1 Å². The van der Waals surface area contributed by atoms with Crippen molar-refractivity contribution in [3.8, 4) is 11.5 Å². The number of anilines is 3. The number of urea groups is 1. The van der Waals surface area contributed by atoms with Gasteiger partial charge in [0.25, 0.3) is 5.91 Å². The van der Waals surface area contributed by atoms with Crippen molar-refractivity contribution in [3.05, 3.63) is 71.2 Å². The number of nitrogens with zero attached hydrogens (tertiary/aromatic N) is 3. The first kappa shape index (κ1) is 26.6. The fraction of sp³-hybridized carbons (Fsp3) is 0.258. The summed E-state index contributed by atoms with van der Waals surface area (Å²) in [6, 6.07) is 16.5. The predicted molar refractivity (Wildman–Crippen MR) is 161 cm³/mol. The van der Waals surface area contributed by atoms with Gasteiger partial charge in [-0.25, -0.2) is 14.8 Å². The first-order chi connectivity index (χ1) is 19.9. The number of carbonyl (C=O) groups excluding carboxylic acids is 3. The summed E-state index contributed by atoms with van der Waals surface area (Å²) in [4.78, 5) is 50.1. The largest absolute Gasteiger partial charge is 0.457 e. The molecule has 0 saturated heterocycles. The molecular weight excluding hydrogens is 538 g/mol. The van der Waals surface area contributed by atoms with Crippen LogP contribution in [-0.2, 0) is 4.79 Å². The highest BCUT2D eigenvalue weighted by Crippen LogP contribution is 2.46. The Morgan fingerprint density at radius 1 is 1.15 bits per heavy atom. The zero-order valence-corrected chi connectivity index (χ0v) is 23.6. The van der Waals surface area contributed by atoms with Crippen LogP contribution in [0, 0.1) is 12.8 Å². The van der Waals surface area contributed by atoms with Crippen LogP contribution in [0.1, 0.15) is 47.8 Å². The molecular formula is C31H29N5O4S. The summed E-state index contributed by atoms with van der Waals surface area (Å²) in [5.41, 5.74) is 3.54. The van der Waals surface area contributed by atoms with Gasteiger partial charge < -0.3 is 15.4 Å². The van der Waals surface area contributed by atoms with E-state index in [0.29, 0.717) is 45.5 Å². The van der Waals surface area contributed by atoms with Crippen molar-refractivity contribution in [1.29, 1.82) is 0 Å². The Balaban J connectivity index is 1.27. The molecule has 208 valence electrons. The van der Waals surface area contributed by atoms with Crippen molar-refractivity contribution >= 4 is 62.2 Å². The summed E-state index contributed by atoms with van der Waals surface area (Å²) in [5, 5.41) is 6.68. The number of aryl methyl sites for hydroxylation is 1. The highest BCUT2D eigenvalue weighted by atomic mass is 32.1. The number of pyridine rings is 1. The zero-order chi connectivity index (χ0) is 28.5. The standard InChI is InChI=1S/C31H29N5O4S/c1-3-25(37)34-22-11-7-8-19(22)17-33-29(38)28-27-26-24(14-15-32-30(26)41-28)36(31(39)35-27)23-13-12-21(16-18(23)2)40-20-9-5-4-6-10-20/h4-6,9-10,12-16,19H,3,7-8,11,17H2,1-2H3,(H,33,38)(H,35,39)/t19-/m0/s1. The average Bonchev–Trinajstić information content (AvgIpc) is 3.58. The van der Waals surface area contributed by atoms with Crippen molar-refractivity contribution in [2.45, 2.75) is 39.5 Å². The number of nitrogens with one attached hydrogen (secondary N) is 2. The number of aliphatic imine (C=N–C) groups is 1. The molecule has 1 atom stereocenters. The molecule has 2 N–H and O–H groups in total. The molecule has 9 nitrogen and oxygen atoms in total. The Labute approximate surface area is 241 Å². The molecule has 1 aliphatic carbocycles. The number of ether oxygens (including phenoxy) is 1. The summed E-state index contributed by atoms with van der Waals surface area (Å²) < 4.78 is 5.97. The Kier molecular flexibility index (Phi) is 7.23. The van der Waals surface area contributed by atoms with E-state index in [-0.39, 0.29) is 23.8 Å². The molecule has 0 bridgehead atoms. The topological polar surface area (TPSA) is 113 Å². The molecule has 0 radical (unpaired) electrons. The van der Waals surface area contributed by atoms with E-state index in [2.05, 4.69) is 20.6 Å². The molecule has 6 rings (SSSR count). The Hall–Kier alpha value is -4.57. The van der Waals surface area contributed by atoms with Crippen LogP contribution in [0.25, 0.3) is 10.2 Å². The zero-order valence-electron chi connectivity index (χ0n) is 22.8. The van der Waals surface area contributed by atoms with Crippen LogP contribution in [0.15, 0.2) is 65.8 Å². The van der Waals surface area contributed by atoms with Crippen LogP contribution in [0.4, 0.5) is 21.9 Å². The lowest BCUT2D eigenvalue weighted by Gasteiger charge is -2.29. The monoisotopic (exact) mass is 567 g/mol. The van der Waals surface area contributed by atoms with Crippen LogP contribution in [-0.4, -0.2) is 35.1 Å². The van der Waals surface area contributed by atoms with E-state index in [1.807, 2.05) is 55.5 Å². The number of thiophene rings is 1. The van der Waals surface area contributed by atoms with Crippen LogP contribution < -0.4 is 20.3 Å². The van der Waals surface area contributed by atoms with Gasteiger partial charge in [0.1, 0.15) is 21.2 Å². The third-order valence-electron chi connectivity index (χ3n) is 7.38. The predicted octanol–water partition coefficient (Wildman–Crippen LogP) is 6.99. The van der Waals surface area contributed by atoms with Gasteiger partial charge in [-0.05, 0) is 68.1 Å². The normalized spacial score (nSPS) is 17.1. The van der Waals surface area contributed by atoms with Crippen molar-refractivity contribution in [3.63, 3.8) is 0 Å². The van der Waals surface area contributed by atoms with Crippen LogP contribution >= 0.6 is 11.3 Å². The molecule has 1 fully saturated rings. The van der Waals surface area contributed by atoms with E-state index < -0.39 is 0 Å². The smallest absolute Gasteiger partial charge is 0.331 e. The van der Waals surface area contributed by atoms with Gasteiger partial charge in [-0.15, -0.1) is 11.3 Å². The second-order valence-electron chi connectivity index (χ2n) is 10.1. The highest BCUT2D eigenvalue weighted by Gasteiger charge is 2.34. The van der Waals surface area contributed by atoms with Gasteiger partial charge in [-0.2, -0.15) is 0 Å². The summed E-state index contributed by atoms with van der Waals surface area (Å²) in [6.07, 6.45) is 4.62. The van der Waals surface area contributed by atoms with E-state index in [4.69, 9.17) is 4.74 Å². The summed E-state index contributed by atoms with van der Waals surface area (Å²) in [7, 11) is 0. The fourth-order valence-electron chi connectivity index (χ4n) is 5.35. The maximum Gasteiger partial charge on any atom is 0.331 e. The van der Waals surface area contributed by atoms with Crippen molar-refractivity contribution < 1.29 is 19.1 Å². The molecule has 0 unspecified atom stereocenters. The average molecular weight is 568 g/mol. The number of aromatic nitrogens is 1. The molecule has 1 aliphatic heterocycles. The maximum absolute atomic E-state index is 13.5. The minimum atomic E-state index is -0.361. The summed E-state index contributed by atoms with van der Waals surface area (Å²) >= 11 is 1.25. The number of hydrogen-bond donors (Lipinski definition) is 2. The molecule has 0 spiro atoms. The van der Waals surface area contributed by atoms with E-state index in [1.165, 1.54) is 11.3 Å². The van der Waals surface area contributed by atoms with Gasteiger partial charge in [0.15, 0.2) is 0 Å².